The summed E-state index contributed by atoms with van der Waals surface area (Å²) >= 11 is 6.02. The minimum absolute atomic E-state index is 0.0486. The highest BCUT2D eigenvalue weighted by molar-refractivity contribution is 6.30. The zero-order valence-corrected chi connectivity index (χ0v) is 15.5. The van der Waals surface area contributed by atoms with Crippen molar-refractivity contribution < 1.29 is 9.59 Å². The molecule has 25 heavy (non-hydrogen) atoms. The lowest BCUT2D eigenvalue weighted by Crippen LogP contribution is -2.55. The van der Waals surface area contributed by atoms with Gasteiger partial charge in [-0.25, -0.2) is 0 Å². The largest absolute Gasteiger partial charge is 0.330 e. The Morgan fingerprint density at radius 1 is 1.24 bits per heavy atom. The molecule has 2 heterocycles. The zero-order chi connectivity index (χ0) is 17.8. The van der Waals surface area contributed by atoms with Gasteiger partial charge < -0.3 is 9.80 Å². The highest BCUT2D eigenvalue weighted by Gasteiger charge is 2.30. The Labute approximate surface area is 154 Å². The SMILES string of the molecule is CC[C@H]1CCCCN1CC(=O)N1CCN(c2cccc(Cl)c2)C(=O)C1. The van der Waals surface area contributed by atoms with Gasteiger partial charge in [-0.3, -0.25) is 14.5 Å². The summed E-state index contributed by atoms with van der Waals surface area (Å²) in [5, 5.41) is 0.611. The number of hydrogen-bond acceptors (Lipinski definition) is 3. The number of halogens is 1. The lowest BCUT2D eigenvalue weighted by molar-refractivity contribution is -0.138. The van der Waals surface area contributed by atoms with E-state index in [1.165, 1.54) is 12.8 Å². The summed E-state index contributed by atoms with van der Waals surface area (Å²) in [5.41, 5.74) is 0.798. The Morgan fingerprint density at radius 3 is 2.80 bits per heavy atom. The topological polar surface area (TPSA) is 43.9 Å². The molecule has 1 atom stereocenters. The van der Waals surface area contributed by atoms with Crippen LogP contribution in [0.25, 0.3) is 0 Å². The molecule has 0 radical (unpaired) electrons. The van der Waals surface area contributed by atoms with Crippen LogP contribution in [0.2, 0.25) is 5.02 Å². The van der Waals surface area contributed by atoms with E-state index in [1.807, 2.05) is 12.1 Å². The van der Waals surface area contributed by atoms with Crippen LogP contribution in [0.4, 0.5) is 5.69 Å². The number of carbonyl (C=O) groups excluding carboxylic acids is 2. The van der Waals surface area contributed by atoms with Crippen molar-refractivity contribution in [3.05, 3.63) is 29.3 Å². The first-order valence-electron chi connectivity index (χ1n) is 9.16. The number of likely N-dealkylation sites (tertiary alicyclic amines) is 1. The normalized spacial score (nSPS) is 22.3. The molecule has 2 aliphatic heterocycles. The quantitative estimate of drug-likeness (QED) is 0.826. The van der Waals surface area contributed by atoms with Gasteiger partial charge in [0.25, 0.3) is 0 Å². The van der Waals surface area contributed by atoms with Crippen molar-refractivity contribution in [2.75, 3.05) is 37.6 Å². The Balaban J connectivity index is 1.58. The Bertz CT molecular complexity index is 637. The van der Waals surface area contributed by atoms with Crippen LogP contribution in [0.1, 0.15) is 32.6 Å². The molecular formula is C19H26ClN3O2. The average Bonchev–Trinajstić information content (AvgIpc) is 2.62. The van der Waals surface area contributed by atoms with Gasteiger partial charge in [-0.15, -0.1) is 0 Å². The van der Waals surface area contributed by atoms with Crippen molar-refractivity contribution in [1.29, 1.82) is 0 Å². The van der Waals surface area contributed by atoms with E-state index in [1.54, 1.807) is 21.9 Å². The van der Waals surface area contributed by atoms with E-state index in [0.717, 1.165) is 25.1 Å². The predicted molar refractivity (Wildman–Crippen MR) is 99.9 cm³/mol. The maximum atomic E-state index is 12.7. The number of piperidine rings is 1. The molecule has 2 fully saturated rings. The van der Waals surface area contributed by atoms with E-state index in [0.29, 0.717) is 30.7 Å². The number of amides is 2. The molecule has 1 aromatic carbocycles. The number of carbonyl (C=O) groups is 2. The van der Waals surface area contributed by atoms with Gasteiger partial charge in [0.2, 0.25) is 11.8 Å². The fourth-order valence-electron chi connectivity index (χ4n) is 3.81. The van der Waals surface area contributed by atoms with Crippen molar-refractivity contribution in [3.63, 3.8) is 0 Å². The van der Waals surface area contributed by atoms with Gasteiger partial charge in [-0.05, 0) is 44.0 Å². The van der Waals surface area contributed by atoms with E-state index in [2.05, 4.69) is 11.8 Å². The fourth-order valence-corrected chi connectivity index (χ4v) is 3.99. The monoisotopic (exact) mass is 363 g/mol. The van der Waals surface area contributed by atoms with Crippen molar-refractivity contribution in [3.8, 4) is 0 Å². The van der Waals surface area contributed by atoms with Crippen LogP contribution in [0.15, 0.2) is 24.3 Å². The van der Waals surface area contributed by atoms with Crippen LogP contribution < -0.4 is 4.90 Å². The van der Waals surface area contributed by atoms with Gasteiger partial charge >= 0.3 is 0 Å². The van der Waals surface area contributed by atoms with Gasteiger partial charge in [0.15, 0.2) is 0 Å². The molecule has 0 bridgehead atoms. The summed E-state index contributed by atoms with van der Waals surface area (Å²) in [6.45, 7) is 4.84. The Morgan fingerprint density at radius 2 is 2.08 bits per heavy atom. The molecule has 1 aromatic rings. The molecule has 0 unspecified atom stereocenters. The first kappa shape index (κ1) is 18.2. The summed E-state index contributed by atoms with van der Waals surface area (Å²) in [4.78, 5) is 30.9. The minimum atomic E-state index is -0.0486. The first-order chi connectivity index (χ1) is 12.1. The van der Waals surface area contributed by atoms with Crippen LogP contribution in [0.5, 0.6) is 0 Å². The first-order valence-corrected chi connectivity index (χ1v) is 9.54. The van der Waals surface area contributed by atoms with Crippen LogP contribution >= 0.6 is 11.6 Å². The molecule has 0 aliphatic carbocycles. The zero-order valence-electron chi connectivity index (χ0n) is 14.8. The number of piperazine rings is 1. The van der Waals surface area contributed by atoms with Crippen LogP contribution in [-0.4, -0.2) is 60.4 Å². The third kappa shape index (κ3) is 4.33. The van der Waals surface area contributed by atoms with E-state index in [9.17, 15) is 9.59 Å². The molecule has 136 valence electrons. The van der Waals surface area contributed by atoms with E-state index >= 15 is 0 Å². The van der Waals surface area contributed by atoms with Crippen molar-refractivity contribution in [1.82, 2.24) is 9.80 Å². The van der Waals surface area contributed by atoms with Crippen LogP contribution in [0.3, 0.4) is 0 Å². The molecule has 3 rings (SSSR count). The molecule has 2 amide bonds. The number of hydrogen-bond donors (Lipinski definition) is 0. The second-order valence-electron chi connectivity index (χ2n) is 6.87. The lowest BCUT2D eigenvalue weighted by Gasteiger charge is -2.38. The minimum Gasteiger partial charge on any atom is -0.330 e. The third-order valence-electron chi connectivity index (χ3n) is 5.25. The third-order valence-corrected chi connectivity index (χ3v) is 5.49. The smallest absolute Gasteiger partial charge is 0.246 e. The molecule has 2 aliphatic rings. The summed E-state index contributed by atoms with van der Waals surface area (Å²) in [6, 6.07) is 7.79. The second-order valence-corrected chi connectivity index (χ2v) is 7.31. The average molecular weight is 364 g/mol. The molecule has 0 aromatic heterocycles. The van der Waals surface area contributed by atoms with Crippen LogP contribution in [-0.2, 0) is 9.59 Å². The maximum absolute atomic E-state index is 12.7. The Kier molecular flexibility index (Phi) is 5.97. The standard InChI is InChI=1S/C19H26ClN3O2/c1-2-16-7-3-4-9-21(16)13-18(24)22-10-11-23(19(25)14-22)17-8-5-6-15(20)12-17/h5-6,8,12,16H,2-4,7,9-11,13-14H2,1H3/t16-/m0/s1. The molecule has 0 saturated carbocycles. The number of rotatable bonds is 4. The molecule has 5 nitrogen and oxygen atoms in total. The second kappa shape index (κ2) is 8.19. The van der Waals surface area contributed by atoms with Crippen molar-refractivity contribution in [2.24, 2.45) is 0 Å². The van der Waals surface area contributed by atoms with Gasteiger partial charge in [-0.2, -0.15) is 0 Å². The molecule has 2 saturated heterocycles. The highest BCUT2D eigenvalue weighted by Crippen LogP contribution is 2.22. The predicted octanol–water partition coefficient (Wildman–Crippen LogP) is 2.78. The van der Waals surface area contributed by atoms with Crippen molar-refractivity contribution in [2.45, 2.75) is 38.6 Å². The summed E-state index contributed by atoms with van der Waals surface area (Å²) in [7, 11) is 0. The van der Waals surface area contributed by atoms with E-state index in [-0.39, 0.29) is 18.4 Å². The molecule has 0 spiro atoms. The molecular weight excluding hydrogens is 338 g/mol. The number of nitrogens with zero attached hydrogens (tertiary/aromatic N) is 3. The van der Waals surface area contributed by atoms with Crippen molar-refractivity contribution >= 4 is 29.1 Å². The summed E-state index contributed by atoms with van der Waals surface area (Å²) in [5.74, 6) is 0.0204. The summed E-state index contributed by atoms with van der Waals surface area (Å²) < 4.78 is 0. The number of benzene rings is 1. The fraction of sp³-hybridized carbons (Fsp3) is 0.579. The van der Waals surface area contributed by atoms with Crippen LogP contribution in [0, 0.1) is 0 Å². The van der Waals surface area contributed by atoms with Gasteiger partial charge in [0, 0.05) is 29.8 Å². The van der Waals surface area contributed by atoms with E-state index < -0.39 is 0 Å². The molecule has 6 heteroatoms. The Hall–Kier alpha value is -1.59. The summed E-state index contributed by atoms with van der Waals surface area (Å²) in [6.07, 6.45) is 4.66. The van der Waals surface area contributed by atoms with Gasteiger partial charge in [0.05, 0.1) is 6.54 Å². The van der Waals surface area contributed by atoms with Gasteiger partial charge in [-0.1, -0.05) is 31.0 Å². The molecule has 0 N–H and O–H groups in total. The maximum Gasteiger partial charge on any atom is 0.246 e. The highest BCUT2D eigenvalue weighted by atomic mass is 35.5. The lowest BCUT2D eigenvalue weighted by atomic mass is 10.00. The number of anilines is 1. The van der Waals surface area contributed by atoms with E-state index in [4.69, 9.17) is 11.6 Å². The van der Waals surface area contributed by atoms with Gasteiger partial charge in [0.1, 0.15) is 6.54 Å².